The lowest BCUT2D eigenvalue weighted by atomic mass is 10.1. The molecule has 1 amide bonds. The first-order chi connectivity index (χ1) is 10.8. The third-order valence-electron chi connectivity index (χ3n) is 3.54. The summed E-state index contributed by atoms with van der Waals surface area (Å²) in [6.45, 7) is 1.72. The standard InChI is InChI=1S/C16H18N2O4S/c1-11-5-4-6-14(16(17)19)15(11)18(2)23(20,21)13-9-7-12(22-3)8-10-13/h4-10H,1-3H3,(H2,17,19). The molecule has 0 unspecified atom stereocenters. The number of hydrogen-bond acceptors (Lipinski definition) is 4. The number of nitrogens with two attached hydrogens (primary N) is 1. The van der Waals surface area contributed by atoms with E-state index in [1.54, 1.807) is 31.2 Å². The Bertz CT molecular complexity index is 830. The van der Waals surface area contributed by atoms with Gasteiger partial charge in [0, 0.05) is 7.05 Å². The van der Waals surface area contributed by atoms with Crippen LogP contribution in [0.25, 0.3) is 0 Å². The lowest BCUT2D eigenvalue weighted by molar-refractivity contribution is 0.100. The molecule has 6 nitrogen and oxygen atoms in total. The minimum absolute atomic E-state index is 0.0967. The molecule has 0 saturated heterocycles. The largest absolute Gasteiger partial charge is 0.497 e. The molecule has 2 aromatic carbocycles. The van der Waals surface area contributed by atoms with Crippen LogP contribution in [0.15, 0.2) is 47.4 Å². The maximum absolute atomic E-state index is 12.8. The molecule has 23 heavy (non-hydrogen) atoms. The van der Waals surface area contributed by atoms with Crippen LogP contribution in [0.2, 0.25) is 0 Å². The van der Waals surface area contributed by atoms with Crippen molar-refractivity contribution in [3.05, 3.63) is 53.6 Å². The van der Waals surface area contributed by atoms with E-state index in [1.807, 2.05) is 0 Å². The van der Waals surface area contributed by atoms with E-state index < -0.39 is 15.9 Å². The number of methoxy groups -OCH3 is 1. The Kier molecular flexibility index (Phi) is 4.60. The van der Waals surface area contributed by atoms with Gasteiger partial charge in [0.2, 0.25) is 0 Å². The fraction of sp³-hybridized carbons (Fsp3) is 0.188. The van der Waals surface area contributed by atoms with Gasteiger partial charge in [-0.05, 0) is 42.8 Å². The molecular weight excluding hydrogens is 316 g/mol. The normalized spacial score (nSPS) is 11.1. The van der Waals surface area contributed by atoms with E-state index in [0.29, 0.717) is 11.3 Å². The van der Waals surface area contributed by atoms with Crippen LogP contribution in [-0.4, -0.2) is 28.5 Å². The first-order valence-electron chi connectivity index (χ1n) is 6.81. The van der Waals surface area contributed by atoms with E-state index in [2.05, 4.69) is 0 Å². The zero-order chi connectivity index (χ0) is 17.2. The fourth-order valence-corrected chi connectivity index (χ4v) is 3.58. The molecule has 0 aliphatic rings. The number of sulfonamides is 1. The Morgan fingerprint density at radius 1 is 1.13 bits per heavy atom. The maximum Gasteiger partial charge on any atom is 0.264 e. The minimum Gasteiger partial charge on any atom is -0.497 e. The van der Waals surface area contributed by atoms with Gasteiger partial charge in [-0.15, -0.1) is 0 Å². The van der Waals surface area contributed by atoms with Crippen molar-refractivity contribution in [2.24, 2.45) is 5.73 Å². The molecule has 0 fully saturated rings. The zero-order valence-corrected chi connectivity index (χ0v) is 13.9. The Balaban J connectivity index is 2.54. The predicted molar refractivity (Wildman–Crippen MR) is 88.3 cm³/mol. The van der Waals surface area contributed by atoms with Crippen molar-refractivity contribution < 1.29 is 17.9 Å². The average Bonchev–Trinajstić information content (AvgIpc) is 2.53. The minimum atomic E-state index is -3.83. The molecule has 0 aliphatic heterocycles. The van der Waals surface area contributed by atoms with Crippen molar-refractivity contribution in [1.82, 2.24) is 0 Å². The average molecular weight is 334 g/mol. The van der Waals surface area contributed by atoms with Crippen LogP contribution in [0, 0.1) is 6.92 Å². The molecule has 2 N–H and O–H groups in total. The fourth-order valence-electron chi connectivity index (χ4n) is 2.30. The van der Waals surface area contributed by atoms with Crippen molar-refractivity contribution in [1.29, 1.82) is 0 Å². The topological polar surface area (TPSA) is 89.7 Å². The molecule has 0 heterocycles. The summed E-state index contributed by atoms with van der Waals surface area (Å²) < 4.78 is 31.7. The number of nitrogens with zero attached hydrogens (tertiary/aromatic N) is 1. The molecular formula is C16H18N2O4S. The quantitative estimate of drug-likeness (QED) is 0.904. The number of carbonyl (C=O) groups is 1. The SMILES string of the molecule is COc1ccc(S(=O)(=O)N(C)c2c(C)cccc2C(N)=O)cc1. The van der Waals surface area contributed by atoms with Crippen molar-refractivity contribution in [2.75, 3.05) is 18.5 Å². The molecule has 2 rings (SSSR count). The summed E-state index contributed by atoms with van der Waals surface area (Å²) in [7, 11) is -0.926. The van der Waals surface area contributed by atoms with Crippen molar-refractivity contribution >= 4 is 21.6 Å². The van der Waals surface area contributed by atoms with Gasteiger partial charge >= 0.3 is 0 Å². The highest BCUT2D eigenvalue weighted by atomic mass is 32.2. The number of aryl methyl sites for hydroxylation is 1. The van der Waals surface area contributed by atoms with Gasteiger partial charge in [-0.2, -0.15) is 0 Å². The first-order valence-corrected chi connectivity index (χ1v) is 8.25. The van der Waals surface area contributed by atoms with E-state index in [4.69, 9.17) is 10.5 Å². The smallest absolute Gasteiger partial charge is 0.264 e. The van der Waals surface area contributed by atoms with Gasteiger partial charge in [0.15, 0.2) is 0 Å². The molecule has 0 saturated carbocycles. The van der Waals surface area contributed by atoms with Crippen molar-refractivity contribution in [3.63, 3.8) is 0 Å². The van der Waals surface area contributed by atoms with Crippen LogP contribution >= 0.6 is 0 Å². The molecule has 122 valence electrons. The predicted octanol–water partition coefficient (Wildman–Crippen LogP) is 1.93. The number of benzene rings is 2. The number of ether oxygens (including phenoxy) is 1. The van der Waals surface area contributed by atoms with E-state index in [9.17, 15) is 13.2 Å². The summed E-state index contributed by atoms with van der Waals surface area (Å²) in [4.78, 5) is 11.7. The van der Waals surface area contributed by atoms with Gasteiger partial charge in [-0.3, -0.25) is 9.10 Å². The van der Waals surface area contributed by atoms with Gasteiger partial charge < -0.3 is 10.5 Å². The highest BCUT2D eigenvalue weighted by molar-refractivity contribution is 7.92. The molecule has 7 heteroatoms. The Labute approximate surface area is 135 Å². The number of hydrogen-bond donors (Lipinski definition) is 1. The third kappa shape index (κ3) is 3.14. The van der Waals surface area contributed by atoms with E-state index in [0.717, 1.165) is 4.31 Å². The number of carbonyl (C=O) groups excluding carboxylic acids is 1. The maximum atomic E-state index is 12.8. The van der Waals surface area contributed by atoms with Crippen LogP contribution in [0.4, 0.5) is 5.69 Å². The molecule has 0 atom stereocenters. The lowest BCUT2D eigenvalue weighted by Crippen LogP contribution is -2.30. The molecule has 0 aromatic heterocycles. The Hall–Kier alpha value is -2.54. The van der Waals surface area contributed by atoms with E-state index in [1.165, 1.54) is 32.4 Å². The van der Waals surface area contributed by atoms with Crippen LogP contribution in [0.1, 0.15) is 15.9 Å². The summed E-state index contributed by atoms with van der Waals surface area (Å²) in [5, 5.41) is 0. The first kappa shape index (κ1) is 16.8. The number of primary amides is 1. The van der Waals surface area contributed by atoms with Crippen molar-refractivity contribution in [2.45, 2.75) is 11.8 Å². The highest BCUT2D eigenvalue weighted by Gasteiger charge is 2.25. The molecule has 0 aliphatic carbocycles. The highest BCUT2D eigenvalue weighted by Crippen LogP contribution is 2.29. The Morgan fingerprint density at radius 2 is 1.74 bits per heavy atom. The summed E-state index contributed by atoms with van der Waals surface area (Å²) in [6, 6.07) is 10.9. The number of rotatable bonds is 5. The van der Waals surface area contributed by atoms with E-state index >= 15 is 0 Å². The van der Waals surface area contributed by atoms with Crippen LogP contribution < -0.4 is 14.8 Å². The van der Waals surface area contributed by atoms with Gasteiger partial charge in [-0.1, -0.05) is 12.1 Å². The monoisotopic (exact) mass is 334 g/mol. The molecule has 0 radical (unpaired) electrons. The summed E-state index contributed by atoms with van der Waals surface area (Å²) in [6.07, 6.45) is 0. The van der Waals surface area contributed by atoms with Gasteiger partial charge in [0.25, 0.3) is 15.9 Å². The van der Waals surface area contributed by atoms with Crippen molar-refractivity contribution in [3.8, 4) is 5.75 Å². The van der Waals surface area contributed by atoms with Crippen LogP contribution in [0.5, 0.6) is 5.75 Å². The number of anilines is 1. The zero-order valence-electron chi connectivity index (χ0n) is 13.1. The van der Waals surface area contributed by atoms with Gasteiger partial charge in [0.1, 0.15) is 5.75 Å². The third-order valence-corrected chi connectivity index (χ3v) is 5.31. The Morgan fingerprint density at radius 3 is 2.26 bits per heavy atom. The summed E-state index contributed by atoms with van der Waals surface area (Å²) in [5.41, 5.74) is 6.43. The second-order valence-electron chi connectivity index (χ2n) is 4.98. The van der Waals surface area contributed by atoms with Crippen LogP contribution in [-0.2, 0) is 10.0 Å². The van der Waals surface area contributed by atoms with Gasteiger partial charge in [-0.25, -0.2) is 8.42 Å². The van der Waals surface area contributed by atoms with Crippen LogP contribution in [0.3, 0.4) is 0 Å². The lowest BCUT2D eigenvalue weighted by Gasteiger charge is -2.23. The second kappa shape index (κ2) is 6.29. The molecule has 2 aromatic rings. The van der Waals surface area contributed by atoms with E-state index in [-0.39, 0.29) is 16.1 Å². The summed E-state index contributed by atoms with van der Waals surface area (Å²) in [5.74, 6) is -0.124. The molecule has 0 bridgehead atoms. The second-order valence-corrected chi connectivity index (χ2v) is 6.95. The summed E-state index contributed by atoms with van der Waals surface area (Å²) >= 11 is 0. The number of amides is 1. The molecule has 0 spiro atoms. The van der Waals surface area contributed by atoms with Gasteiger partial charge in [0.05, 0.1) is 23.3 Å². The number of para-hydroxylation sites is 1.